The van der Waals surface area contributed by atoms with Crippen molar-refractivity contribution in [2.24, 2.45) is 0 Å². The molecule has 0 bridgehead atoms. The van der Waals surface area contributed by atoms with Gasteiger partial charge in [0, 0.05) is 43.4 Å². The standard InChI is InChI=1S/C22H33N3O5/c1-3-5-7-13-24(21(26)18-9-8-10-20(17-18)25(28)29)19-11-14-23(15-12-19)22(27)30-16-6-4-2/h8-10,17,19H,3-7,11-16H2,1-2H3. The highest BCUT2D eigenvalue weighted by Crippen LogP contribution is 2.22. The van der Waals surface area contributed by atoms with E-state index in [1.807, 2.05) is 11.8 Å². The molecule has 0 unspecified atom stereocenters. The zero-order valence-electron chi connectivity index (χ0n) is 18.0. The lowest BCUT2D eigenvalue weighted by molar-refractivity contribution is -0.384. The maximum absolute atomic E-state index is 13.2. The highest BCUT2D eigenvalue weighted by Gasteiger charge is 2.30. The third-order valence-corrected chi connectivity index (χ3v) is 5.45. The number of unbranched alkanes of at least 4 members (excludes halogenated alkanes) is 3. The number of amides is 2. The maximum Gasteiger partial charge on any atom is 0.409 e. The minimum Gasteiger partial charge on any atom is -0.449 e. The molecule has 8 nitrogen and oxygen atoms in total. The molecule has 0 radical (unpaired) electrons. The third-order valence-electron chi connectivity index (χ3n) is 5.45. The van der Waals surface area contributed by atoms with Gasteiger partial charge in [-0.3, -0.25) is 14.9 Å². The first-order chi connectivity index (χ1) is 14.5. The number of hydrogen-bond acceptors (Lipinski definition) is 5. The molecule has 1 saturated heterocycles. The summed E-state index contributed by atoms with van der Waals surface area (Å²) >= 11 is 0. The van der Waals surface area contributed by atoms with Gasteiger partial charge in [-0.2, -0.15) is 0 Å². The van der Waals surface area contributed by atoms with E-state index in [1.165, 1.54) is 12.1 Å². The second-order valence-corrected chi connectivity index (χ2v) is 7.70. The Morgan fingerprint density at radius 2 is 1.87 bits per heavy atom. The average Bonchev–Trinajstić information content (AvgIpc) is 2.76. The summed E-state index contributed by atoms with van der Waals surface area (Å²) in [4.78, 5) is 39.5. The number of nitro groups is 1. The van der Waals surface area contributed by atoms with Crippen molar-refractivity contribution in [2.45, 2.75) is 64.8 Å². The van der Waals surface area contributed by atoms with Crippen molar-refractivity contribution in [3.63, 3.8) is 0 Å². The van der Waals surface area contributed by atoms with Gasteiger partial charge in [-0.1, -0.05) is 39.2 Å². The zero-order chi connectivity index (χ0) is 21.9. The van der Waals surface area contributed by atoms with E-state index < -0.39 is 4.92 Å². The molecule has 30 heavy (non-hydrogen) atoms. The Labute approximate surface area is 178 Å². The zero-order valence-corrected chi connectivity index (χ0v) is 18.0. The summed E-state index contributed by atoms with van der Waals surface area (Å²) in [6, 6.07) is 5.91. The van der Waals surface area contributed by atoms with Gasteiger partial charge in [0.05, 0.1) is 11.5 Å². The predicted molar refractivity (Wildman–Crippen MR) is 115 cm³/mol. The first-order valence-corrected chi connectivity index (χ1v) is 10.9. The van der Waals surface area contributed by atoms with Gasteiger partial charge < -0.3 is 14.5 Å². The summed E-state index contributed by atoms with van der Waals surface area (Å²) in [7, 11) is 0. The van der Waals surface area contributed by atoms with Crippen LogP contribution in [0.25, 0.3) is 0 Å². The molecule has 1 aromatic rings. The normalized spacial score (nSPS) is 14.4. The summed E-state index contributed by atoms with van der Waals surface area (Å²) < 4.78 is 5.29. The Bertz CT molecular complexity index is 716. The lowest BCUT2D eigenvalue weighted by atomic mass is 10.0. The smallest absolute Gasteiger partial charge is 0.409 e. The number of piperidine rings is 1. The lowest BCUT2D eigenvalue weighted by Gasteiger charge is -2.38. The van der Waals surface area contributed by atoms with Gasteiger partial charge in [0.2, 0.25) is 0 Å². The van der Waals surface area contributed by atoms with Crippen LogP contribution >= 0.6 is 0 Å². The van der Waals surface area contributed by atoms with Gasteiger partial charge in [0.1, 0.15) is 0 Å². The van der Waals surface area contributed by atoms with E-state index >= 15 is 0 Å². The molecule has 166 valence electrons. The Balaban J connectivity index is 2.04. The SMILES string of the molecule is CCCCCN(C(=O)c1cccc([N+](=O)[O-])c1)C1CCN(C(=O)OCCCC)CC1. The fraction of sp³-hybridized carbons (Fsp3) is 0.636. The summed E-state index contributed by atoms with van der Waals surface area (Å²) in [6.45, 7) is 6.29. The number of nitro benzene ring substituents is 1. The van der Waals surface area contributed by atoms with Crippen LogP contribution < -0.4 is 0 Å². The molecule has 0 spiro atoms. The molecular weight excluding hydrogens is 386 g/mol. The Hall–Kier alpha value is -2.64. The minimum absolute atomic E-state index is 0.00769. The molecule has 1 aliphatic rings. The van der Waals surface area contributed by atoms with Crippen LogP contribution in [0, 0.1) is 10.1 Å². The van der Waals surface area contributed by atoms with Crippen LogP contribution in [-0.2, 0) is 4.74 Å². The van der Waals surface area contributed by atoms with E-state index in [1.54, 1.807) is 17.0 Å². The van der Waals surface area contributed by atoms with Crippen molar-refractivity contribution in [3.8, 4) is 0 Å². The number of hydrogen-bond donors (Lipinski definition) is 0. The number of likely N-dealkylation sites (tertiary alicyclic amines) is 1. The molecule has 8 heteroatoms. The first kappa shape index (κ1) is 23.6. The monoisotopic (exact) mass is 419 g/mol. The Kier molecular flexibility index (Phi) is 9.57. The van der Waals surface area contributed by atoms with Crippen LogP contribution in [0.3, 0.4) is 0 Å². The summed E-state index contributed by atoms with van der Waals surface area (Å²) in [6.07, 6.45) is 5.83. The number of non-ortho nitro benzene ring substituents is 1. The molecule has 0 atom stereocenters. The van der Waals surface area contributed by atoms with Crippen molar-refractivity contribution in [1.29, 1.82) is 0 Å². The van der Waals surface area contributed by atoms with E-state index in [0.29, 0.717) is 44.6 Å². The molecule has 1 heterocycles. The van der Waals surface area contributed by atoms with E-state index in [9.17, 15) is 19.7 Å². The minimum atomic E-state index is -0.485. The fourth-order valence-corrected chi connectivity index (χ4v) is 3.66. The molecule has 1 fully saturated rings. The first-order valence-electron chi connectivity index (χ1n) is 10.9. The van der Waals surface area contributed by atoms with Crippen molar-refractivity contribution in [1.82, 2.24) is 9.80 Å². The molecule has 0 aliphatic carbocycles. The van der Waals surface area contributed by atoms with Gasteiger partial charge in [-0.05, 0) is 31.7 Å². The average molecular weight is 420 g/mol. The molecule has 0 N–H and O–H groups in total. The van der Waals surface area contributed by atoms with Crippen LogP contribution in [0.15, 0.2) is 24.3 Å². The van der Waals surface area contributed by atoms with Crippen LogP contribution in [0.2, 0.25) is 0 Å². The van der Waals surface area contributed by atoms with Gasteiger partial charge >= 0.3 is 6.09 Å². The van der Waals surface area contributed by atoms with Crippen LogP contribution in [0.5, 0.6) is 0 Å². The highest BCUT2D eigenvalue weighted by atomic mass is 16.6. The quantitative estimate of drug-likeness (QED) is 0.313. The lowest BCUT2D eigenvalue weighted by Crippen LogP contribution is -2.49. The molecule has 0 aromatic heterocycles. The maximum atomic E-state index is 13.2. The number of carbonyl (C=O) groups excluding carboxylic acids is 2. The fourth-order valence-electron chi connectivity index (χ4n) is 3.66. The van der Waals surface area contributed by atoms with Crippen LogP contribution in [-0.4, -0.2) is 59.0 Å². The molecular formula is C22H33N3O5. The predicted octanol–water partition coefficient (Wildman–Crippen LogP) is 4.63. The third kappa shape index (κ3) is 6.71. The van der Waals surface area contributed by atoms with E-state index in [0.717, 1.165) is 32.1 Å². The molecule has 1 aliphatic heterocycles. The largest absolute Gasteiger partial charge is 0.449 e. The van der Waals surface area contributed by atoms with E-state index in [-0.39, 0.29) is 23.7 Å². The second kappa shape index (κ2) is 12.1. The van der Waals surface area contributed by atoms with Crippen LogP contribution in [0.4, 0.5) is 10.5 Å². The number of nitrogens with zero attached hydrogens (tertiary/aromatic N) is 3. The molecule has 2 amide bonds. The van der Waals surface area contributed by atoms with Gasteiger partial charge in [-0.25, -0.2) is 4.79 Å². The van der Waals surface area contributed by atoms with Crippen molar-refractivity contribution >= 4 is 17.7 Å². The number of ether oxygens (including phenoxy) is 1. The van der Waals surface area contributed by atoms with Crippen molar-refractivity contribution < 1.29 is 19.2 Å². The topological polar surface area (TPSA) is 93.0 Å². The van der Waals surface area contributed by atoms with E-state index in [2.05, 4.69) is 6.92 Å². The Morgan fingerprint density at radius 1 is 1.17 bits per heavy atom. The number of carbonyl (C=O) groups is 2. The molecule has 0 saturated carbocycles. The van der Waals surface area contributed by atoms with Crippen LogP contribution in [0.1, 0.15) is 69.2 Å². The summed E-state index contributed by atoms with van der Waals surface area (Å²) in [5.41, 5.74) is 0.251. The summed E-state index contributed by atoms with van der Waals surface area (Å²) in [5, 5.41) is 11.1. The van der Waals surface area contributed by atoms with Crippen molar-refractivity contribution in [3.05, 3.63) is 39.9 Å². The van der Waals surface area contributed by atoms with Gasteiger partial charge in [-0.15, -0.1) is 0 Å². The molecule has 2 rings (SSSR count). The number of rotatable bonds is 10. The summed E-state index contributed by atoms with van der Waals surface area (Å²) in [5.74, 6) is -0.182. The van der Waals surface area contributed by atoms with E-state index in [4.69, 9.17) is 4.74 Å². The van der Waals surface area contributed by atoms with Gasteiger partial charge in [0.25, 0.3) is 11.6 Å². The van der Waals surface area contributed by atoms with Gasteiger partial charge in [0.15, 0.2) is 0 Å². The second-order valence-electron chi connectivity index (χ2n) is 7.70. The van der Waals surface area contributed by atoms with Crippen molar-refractivity contribution in [2.75, 3.05) is 26.2 Å². The Morgan fingerprint density at radius 3 is 2.50 bits per heavy atom. The number of benzene rings is 1. The molecule has 1 aromatic carbocycles. The highest BCUT2D eigenvalue weighted by molar-refractivity contribution is 5.95.